The molecule has 0 aliphatic heterocycles. The minimum absolute atomic E-state index is 0.403. The molecule has 0 bridgehead atoms. The lowest BCUT2D eigenvalue weighted by atomic mass is 10.1. The molecular formula is C11H18O4. The summed E-state index contributed by atoms with van der Waals surface area (Å²) in [5.41, 5.74) is -1.03. The second kappa shape index (κ2) is 3.22. The normalized spacial score (nSPS) is 28.3. The number of ether oxygens (including phenoxy) is 1. The molecule has 1 N–H and O–H groups in total. The van der Waals surface area contributed by atoms with Gasteiger partial charge in [0.2, 0.25) is 0 Å². The smallest absolute Gasteiger partial charge is 0.310 e. The molecule has 4 nitrogen and oxygen atoms in total. The molecule has 0 spiro atoms. The topological polar surface area (TPSA) is 63.6 Å². The largest absolute Gasteiger partial charge is 0.481 e. The van der Waals surface area contributed by atoms with Gasteiger partial charge in [-0.15, -0.1) is 0 Å². The van der Waals surface area contributed by atoms with E-state index >= 15 is 0 Å². The number of carboxylic acids is 1. The first-order valence-electron chi connectivity index (χ1n) is 5.03. The second-order valence-electron chi connectivity index (χ2n) is 5.65. The molecule has 15 heavy (non-hydrogen) atoms. The zero-order valence-corrected chi connectivity index (χ0v) is 9.83. The van der Waals surface area contributed by atoms with E-state index in [0.717, 1.165) is 0 Å². The molecule has 0 aromatic rings. The van der Waals surface area contributed by atoms with Crippen molar-refractivity contribution in [2.45, 2.75) is 40.2 Å². The highest BCUT2D eigenvalue weighted by atomic mass is 16.6. The predicted octanol–water partition coefficient (Wildman–Crippen LogP) is 1.68. The Morgan fingerprint density at radius 2 is 1.67 bits per heavy atom. The van der Waals surface area contributed by atoms with E-state index in [9.17, 15) is 9.59 Å². The number of carbonyl (C=O) groups excluding carboxylic acids is 1. The van der Waals surface area contributed by atoms with Crippen molar-refractivity contribution in [1.82, 2.24) is 0 Å². The summed E-state index contributed by atoms with van der Waals surface area (Å²) in [6, 6.07) is 0. The van der Waals surface area contributed by atoms with Crippen LogP contribution in [0.1, 0.15) is 34.6 Å². The Kier molecular flexibility index (Phi) is 2.58. The van der Waals surface area contributed by atoms with Gasteiger partial charge in [0.25, 0.3) is 0 Å². The Morgan fingerprint density at radius 1 is 1.20 bits per heavy atom. The number of hydrogen-bond donors (Lipinski definition) is 1. The first kappa shape index (κ1) is 12.0. The summed E-state index contributed by atoms with van der Waals surface area (Å²) in [6.07, 6.45) is 0. The molecule has 0 saturated heterocycles. The summed E-state index contributed by atoms with van der Waals surface area (Å²) in [7, 11) is 0. The quantitative estimate of drug-likeness (QED) is 0.710. The number of carboxylic acid groups (broad SMARTS) is 1. The molecule has 0 heterocycles. The maximum absolute atomic E-state index is 11.7. The molecule has 1 saturated carbocycles. The van der Waals surface area contributed by atoms with E-state index < -0.39 is 34.8 Å². The van der Waals surface area contributed by atoms with Crippen LogP contribution in [0.25, 0.3) is 0 Å². The Balaban J connectivity index is 2.69. The third-order valence-corrected chi connectivity index (χ3v) is 2.75. The van der Waals surface area contributed by atoms with E-state index in [2.05, 4.69) is 0 Å². The van der Waals surface area contributed by atoms with Gasteiger partial charge in [-0.3, -0.25) is 9.59 Å². The molecule has 0 amide bonds. The van der Waals surface area contributed by atoms with E-state index in [1.54, 1.807) is 34.6 Å². The van der Waals surface area contributed by atoms with Crippen molar-refractivity contribution in [3.05, 3.63) is 0 Å². The zero-order valence-electron chi connectivity index (χ0n) is 9.83. The molecule has 1 rings (SSSR count). The van der Waals surface area contributed by atoms with Gasteiger partial charge in [-0.05, 0) is 26.2 Å². The van der Waals surface area contributed by atoms with Crippen molar-refractivity contribution in [2.24, 2.45) is 17.3 Å². The van der Waals surface area contributed by atoms with Crippen molar-refractivity contribution in [2.75, 3.05) is 0 Å². The van der Waals surface area contributed by atoms with Crippen molar-refractivity contribution in [1.29, 1.82) is 0 Å². The number of rotatable bonds is 2. The van der Waals surface area contributed by atoms with Crippen molar-refractivity contribution < 1.29 is 19.4 Å². The second-order valence-corrected chi connectivity index (χ2v) is 5.65. The first-order valence-corrected chi connectivity index (χ1v) is 5.03. The monoisotopic (exact) mass is 214 g/mol. The van der Waals surface area contributed by atoms with Gasteiger partial charge in [0, 0.05) is 0 Å². The highest BCUT2D eigenvalue weighted by molar-refractivity contribution is 5.88. The van der Waals surface area contributed by atoms with Gasteiger partial charge in [-0.2, -0.15) is 0 Å². The maximum atomic E-state index is 11.7. The summed E-state index contributed by atoms with van der Waals surface area (Å²) in [6.45, 7) is 8.88. The fourth-order valence-corrected chi connectivity index (χ4v) is 1.90. The number of hydrogen-bond acceptors (Lipinski definition) is 3. The van der Waals surface area contributed by atoms with E-state index in [0.29, 0.717) is 0 Å². The Morgan fingerprint density at radius 3 is 1.93 bits per heavy atom. The van der Waals surface area contributed by atoms with Crippen molar-refractivity contribution in [3.8, 4) is 0 Å². The van der Waals surface area contributed by atoms with Crippen LogP contribution in [-0.2, 0) is 14.3 Å². The molecule has 0 radical (unpaired) electrons. The molecule has 0 aromatic carbocycles. The number of aliphatic carboxylic acids is 1. The summed E-state index contributed by atoms with van der Waals surface area (Å²) >= 11 is 0. The summed E-state index contributed by atoms with van der Waals surface area (Å²) in [5, 5.41) is 8.90. The van der Waals surface area contributed by atoms with Gasteiger partial charge in [0.15, 0.2) is 0 Å². The number of carbonyl (C=O) groups is 2. The van der Waals surface area contributed by atoms with Gasteiger partial charge in [-0.1, -0.05) is 13.8 Å². The van der Waals surface area contributed by atoms with Crippen LogP contribution < -0.4 is 0 Å². The third-order valence-electron chi connectivity index (χ3n) is 2.75. The third kappa shape index (κ3) is 2.30. The molecule has 1 aliphatic rings. The zero-order chi connectivity index (χ0) is 12.0. The van der Waals surface area contributed by atoms with Crippen LogP contribution in [-0.4, -0.2) is 22.6 Å². The van der Waals surface area contributed by atoms with Crippen LogP contribution in [0.5, 0.6) is 0 Å². The molecule has 86 valence electrons. The van der Waals surface area contributed by atoms with Gasteiger partial charge < -0.3 is 9.84 Å². The highest BCUT2D eigenvalue weighted by Gasteiger charge is 2.67. The number of esters is 1. The molecular weight excluding hydrogens is 196 g/mol. The lowest BCUT2D eigenvalue weighted by molar-refractivity contribution is -0.159. The summed E-state index contributed by atoms with van der Waals surface area (Å²) < 4.78 is 5.18. The first-order chi connectivity index (χ1) is 6.57. The summed E-state index contributed by atoms with van der Waals surface area (Å²) in [4.78, 5) is 22.5. The average molecular weight is 214 g/mol. The Hall–Kier alpha value is -1.06. The maximum Gasteiger partial charge on any atom is 0.310 e. The van der Waals surface area contributed by atoms with E-state index in [1.165, 1.54) is 0 Å². The van der Waals surface area contributed by atoms with Crippen LogP contribution in [0.4, 0.5) is 0 Å². The van der Waals surface area contributed by atoms with Crippen LogP contribution >= 0.6 is 0 Å². The minimum Gasteiger partial charge on any atom is -0.481 e. The van der Waals surface area contributed by atoms with Crippen molar-refractivity contribution >= 4 is 11.9 Å². The standard InChI is InChI=1S/C11H18O4/c1-10(2,3)15-9(14)7-6(8(12)13)11(7,4)5/h6-7H,1-5H3,(H,12,13)/t6-,7+/m0/s1. The SMILES string of the molecule is CC(C)(C)OC(=O)[C@H]1[C@@H](C(=O)O)C1(C)C. The molecule has 2 atom stereocenters. The molecule has 0 unspecified atom stereocenters. The van der Waals surface area contributed by atoms with Gasteiger partial charge in [-0.25, -0.2) is 0 Å². The van der Waals surface area contributed by atoms with Crippen LogP contribution in [0.3, 0.4) is 0 Å². The van der Waals surface area contributed by atoms with Gasteiger partial charge >= 0.3 is 11.9 Å². The van der Waals surface area contributed by atoms with Crippen molar-refractivity contribution in [3.63, 3.8) is 0 Å². The van der Waals surface area contributed by atoms with E-state index in [1.807, 2.05) is 0 Å². The Bertz CT molecular complexity index is 298. The molecule has 4 heteroatoms. The van der Waals surface area contributed by atoms with Crippen LogP contribution in [0.15, 0.2) is 0 Å². The lowest BCUT2D eigenvalue weighted by Gasteiger charge is -2.19. The predicted molar refractivity (Wildman–Crippen MR) is 54.2 cm³/mol. The van der Waals surface area contributed by atoms with E-state index in [4.69, 9.17) is 9.84 Å². The summed E-state index contributed by atoms with van der Waals surface area (Å²) in [5.74, 6) is -2.43. The molecule has 0 aromatic heterocycles. The average Bonchev–Trinajstić information content (AvgIpc) is 2.49. The highest BCUT2D eigenvalue weighted by Crippen LogP contribution is 2.59. The fraction of sp³-hybridized carbons (Fsp3) is 0.818. The fourth-order valence-electron chi connectivity index (χ4n) is 1.90. The van der Waals surface area contributed by atoms with E-state index in [-0.39, 0.29) is 0 Å². The Labute approximate surface area is 89.6 Å². The minimum atomic E-state index is -0.921. The van der Waals surface area contributed by atoms with Gasteiger partial charge in [0.05, 0.1) is 11.8 Å². The molecule has 1 aliphatic carbocycles. The van der Waals surface area contributed by atoms with Crippen LogP contribution in [0, 0.1) is 17.3 Å². The molecule has 1 fully saturated rings. The van der Waals surface area contributed by atoms with Crippen LogP contribution in [0.2, 0.25) is 0 Å². The van der Waals surface area contributed by atoms with Gasteiger partial charge in [0.1, 0.15) is 5.60 Å². The lowest BCUT2D eigenvalue weighted by Crippen LogP contribution is -2.26.